The average Bonchev–Trinajstić information content (AvgIpc) is 2.58. The number of aromatic nitrogens is 1. The topological polar surface area (TPSA) is 24.9 Å². The third kappa shape index (κ3) is 3.12. The van der Waals surface area contributed by atoms with E-state index in [1.54, 1.807) is 0 Å². The molecule has 14 heavy (non-hydrogen) atoms. The second-order valence-corrected chi connectivity index (χ2v) is 3.41. The first kappa shape index (κ1) is 13.7. The van der Waals surface area contributed by atoms with Crippen molar-refractivity contribution < 1.29 is 0 Å². The van der Waals surface area contributed by atoms with E-state index < -0.39 is 0 Å². The molecule has 0 amide bonds. The van der Waals surface area contributed by atoms with Gasteiger partial charge in [0, 0.05) is 12.2 Å². The maximum Gasteiger partial charge on any atom is 0.0573 e. The maximum atomic E-state index is 4.40. The quantitative estimate of drug-likeness (QED) is 0.809. The number of pyridine rings is 1. The Morgan fingerprint density at radius 3 is 2.64 bits per heavy atom. The Morgan fingerprint density at radius 1 is 1.36 bits per heavy atom. The molecule has 2 rings (SSSR count). The van der Waals surface area contributed by atoms with Crippen LogP contribution in [0.2, 0.25) is 0 Å². The van der Waals surface area contributed by atoms with E-state index in [4.69, 9.17) is 0 Å². The highest BCUT2D eigenvalue weighted by Crippen LogP contribution is 2.20. The van der Waals surface area contributed by atoms with Gasteiger partial charge in [-0.3, -0.25) is 4.98 Å². The van der Waals surface area contributed by atoms with Crippen LogP contribution >= 0.6 is 24.8 Å². The second-order valence-electron chi connectivity index (χ2n) is 3.41. The molecule has 2 heterocycles. The monoisotopic (exact) mass is 234 g/mol. The molecule has 1 aromatic heterocycles. The molecule has 1 N–H and O–H groups in total. The van der Waals surface area contributed by atoms with Crippen LogP contribution in [0.15, 0.2) is 18.3 Å². The first-order chi connectivity index (χ1) is 5.86. The van der Waals surface area contributed by atoms with Gasteiger partial charge in [0.1, 0.15) is 0 Å². The maximum absolute atomic E-state index is 4.40. The molecule has 0 bridgehead atoms. The van der Waals surface area contributed by atoms with E-state index in [1.807, 2.05) is 6.20 Å². The highest BCUT2D eigenvalue weighted by Gasteiger charge is 2.16. The van der Waals surface area contributed by atoms with Crippen molar-refractivity contribution in [2.24, 2.45) is 0 Å². The zero-order valence-electron chi connectivity index (χ0n) is 8.19. The lowest BCUT2D eigenvalue weighted by molar-refractivity contribution is 0.627. The van der Waals surface area contributed by atoms with Crippen molar-refractivity contribution >= 4 is 24.8 Å². The lowest BCUT2D eigenvalue weighted by atomic mass is 10.1. The van der Waals surface area contributed by atoms with Crippen LogP contribution in [-0.4, -0.2) is 11.5 Å². The van der Waals surface area contributed by atoms with Gasteiger partial charge in [0.25, 0.3) is 0 Å². The van der Waals surface area contributed by atoms with E-state index in [1.165, 1.54) is 24.1 Å². The summed E-state index contributed by atoms with van der Waals surface area (Å²) in [6.45, 7) is 3.21. The number of hydrogen-bond acceptors (Lipinski definition) is 2. The van der Waals surface area contributed by atoms with Crippen LogP contribution in [0.5, 0.6) is 0 Å². The molecule has 0 radical (unpaired) electrons. The van der Waals surface area contributed by atoms with Crippen LogP contribution in [0.25, 0.3) is 0 Å². The molecule has 0 aromatic carbocycles. The van der Waals surface area contributed by atoms with Crippen molar-refractivity contribution in [3.63, 3.8) is 0 Å². The second kappa shape index (κ2) is 6.23. The van der Waals surface area contributed by atoms with E-state index >= 15 is 0 Å². The molecular weight excluding hydrogens is 219 g/mol. The van der Waals surface area contributed by atoms with Gasteiger partial charge in [-0.2, -0.15) is 0 Å². The molecule has 0 spiro atoms. The molecule has 1 saturated heterocycles. The van der Waals surface area contributed by atoms with Crippen molar-refractivity contribution in [2.75, 3.05) is 6.54 Å². The highest BCUT2D eigenvalue weighted by molar-refractivity contribution is 5.85. The lowest BCUT2D eigenvalue weighted by Gasteiger charge is -2.08. The van der Waals surface area contributed by atoms with Crippen molar-refractivity contribution in [3.8, 4) is 0 Å². The summed E-state index contributed by atoms with van der Waals surface area (Å²) < 4.78 is 0. The molecule has 1 fully saturated rings. The predicted molar refractivity (Wildman–Crippen MR) is 63.4 cm³/mol. The fraction of sp³-hybridized carbons (Fsp3) is 0.500. The van der Waals surface area contributed by atoms with Crippen LogP contribution in [0, 0.1) is 6.92 Å². The van der Waals surface area contributed by atoms with E-state index in [2.05, 4.69) is 29.4 Å². The van der Waals surface area contributed by atoms with Crippen LogP contribution in [-0.2, 0) is 0 Å². The molecule has 4 heteroatoms. The summed E-state index contributed by atoms with van der Waals surface area (Å²) >= 11 is 0. The van der Waals surface area contributed by atoms with Gasteiger partial charge in [-0.25, -0.2) is 0 Å². The minimum atomic E-state index is 0. The highest BCUT2D eigenvalue weighted by atomic mass is 35.5. The molecular formula is C10H16Cl2N2. The summed E-state index contributed by atoms with van der Waals surface area (Å²) in [6.07, 6.45) is 4.45. The minimum Gasteiger partial charge on any atom is -0.309 e. The Bertz CT molecular complexity index is 255. The summed E-state index contributed by atoms with van der Waals surface area (Å²) in [5.74, 6) is 0. The van der Waals surface area contributed by atoms with Crippen molar-refractivity contribution in [1.29, 1.82) is 0 Å². The third-order valence-electron chi connectivity index (χ3n) is 2.35. The first-order valence-corrected chi connectivity index (χ1v) is 4.52. The van der Waals surface area contributed by atoms with Gasteiger partial charge < -0.3 is 5.32 Å². The molecule has 1 aromatic rings. The number of nitrogens with one attached hydrogen (secondary N) is 1. The summed E-state index contributed by atoms with van der Waals surface area (Å²) in [7, 11) is 0. The van der Waals surface area contributed by atoms with Gasteiger partial charge >= 0.3 is 0 Å². The van der Waals surface area contributed by atoms with Crippen molar-refractivity contribution in [2.45, 2.75) is 25.8 Å². The lowest BCUT2D eigenvalue weighted by Crippen LogP contribution is -2.13. The molecule has 1 atom stereocenters. The molecule has 1 aliphatic heterocycles. The van der Waals surface area contributed by atoms with Gasteiger partial charge in [0.05, 0.1) is 5.69 Å². The molecule has 2 nitrogen and oxygen atoms in total. The number of hydrogen-bond donors (Lipinski definition) is 1. The summed E-state index contributed by atoms with van der Waals surface area (Å²) in [5.41, 5.74) is 2.43. The Labute approximate surface area is 97.3 Å². The van der Waals surface area contributed by atoms with Crippen molar-refractivity contribution in [3.05, 3.63) is 29.6 Å². The van der Waals surface area contributed by atoms with E-state index in [-0.39, 0.29) is 24.8 Å². The Balaban J connectivity index is 0.000000845. The molecule has 1 aliphatic rings. The predicted octanol–water partition coefficient (Wildman–Crippen LogP) is 2.66. The molecule has 0 aliphatic carbocycles. The number of aryl methyl sites for hydroxylation is 1. The van der Waals surface area contributed by atoms with Gasteiger partial charge in [-0.1, -0.05) is 6.07 Å². The fourth-order valence-corrected chi connectivity index (χ4v) is 1.62. The summed E-state index contributed by atoms with van der Waals surface area (Å²) in [6, 6.07) is 4.76. The largest absolute Gasteiger partial charge is 0.309 e. The minimum absolute atomic E-state index is 0. The smallest absolute Gasteiger partial charge is 0.0573 e. The van der Waals surface area contributed by atoms with Gasteiger partial charge in [0.2, 0.25) is 0 Å². The van der Waals surface area contributed by atoms with E-state index in [9.17, 15) is 0 Å². The molecule has 1 unspecified atom stereocenters. The summed E-state index contributed by atoms with van der Waals surface area (Å²) in [5, 5.41) is 3.43. The van der Waals surface area contributed by atoms with Gasteiger partial charge in [-0.05, 0) is 37.9 Å². The number of halogens is 2. The normalized spacial score (nSPS) is 19.6. The van der Waals surface area contributed by atoms with Gasteiger partial charge in [0.15, 0.2) is 0 Å². The third-order valence-corrected chi connectivity index (χ3v) is 2.35. The van der Waals surface area contributed by atoms with Crippen LogP contribution in [0.4, 0.5) is 0 Å². The van der Waals surface area contributed by atoms with Crippen LogP contribution < -0.4 is 5.32 Å². The zero-order valence-corrected chi connectivity index (χ0v) is 9.83. The average molecular weight is 235 g/mol. The van der Waals surface area contributed by atoms with Crippen LogP contribution in [0.3, 0.4) is 0 Å². The van der Waals surface area contributed by atoms with E-state index in [0.717, 1.165) is 6.54 Å². The first-order valence-electron chi connectivity index (χ1n) is 4.52. The van der Waals surface area contributed by atoms with Gasteiger partial charge in [-0.15, -0.1) is 24.8 Å². The standard InChI is InChI=1S/C10H14N2.2ClH/c1-8-4-5-10(12-7-8)9-3-2-6-11-9;;/h4-5,7,9,11H,2-3,6H2,1H3;2*1H. The Morgan fingerprint density at radius 2 is 2.14 bits per heavy atom. The Hall–Kier alpha value is -0.310. The van der Waals surface area contributed by atoms with Crippen LogP contribution in [0.1, 0.15) is 30.1 Å². The molecule has 0 saturated carbocycles. The fourth-order valence-electron chi connectivity index (χ4n) is 1.62. The number of nitrogens with zero attached hydrogens (tertiary/aromatic N) is 1. The number of rotatable bonds is 1. The van der Waals surface area contributed by atoms with Crippen molar-refractivity contribution in [1.82, 2.24) is 10.3 Å². The SMILES string of the molecule is Cc1ccc(C2CCCN2)nc1.Cl.Cl. The summed E-state index contributed by atoms with van der Waals surface area (Å²) in [4.78, 5) is 4.40. The van der Waals surface area contributed by atoms with E-state index in [0.29, 0.717) is 6.04 Å². The molecule has 80 valence electrons. The zero-order chi connectivity index (χ0) is 8.39. The Kier molecular flexibility index (Phi) is 6.09.